The van der Waals surface area contributed by atoms with Gasteiger partial charge in [-0.2, -0.15) is 0 Å². The lowest BCUT2D eigenvalue weighted by Crippen LogP contribution is -2.32. The maximum absolute atomic E-state index is 8.99. The second kappa shape index (κ2) is 2.66. The van der Waals surface area contributed by atoms with Gasteiger partial charge in [0.1, 0.15) is 0 Å². The van der Waals surface area contributed by atoms with Crippen molar-refractivity contribution in [1.29, 1.82) is 0 Å². The van der Waals surface area contributed by atoms with Crippen molar-refractivity contribution in [3.63, 3.8) is 0 Å². The molecule has 1 aromatic carbocycles. The van der Waals surface area contributed by atoms with Gasteiger partial charge in [0.05, 0.1) is 0 Å². The molecule has 1 aliphatic heterocycles. The van der Waals surface area contributed by atoms with E-state index in [4.69, 9.17) is 19.7 Å². The Morgan fingerprint density at radius 1 is 1.17 bits per heavy atom. The minimum absolute atomic E-state index is 0.403. The van der Waals surface area contributed by atoms with Crippen molar-refractivity contribution in [3.05, 3.63) is 30.6 Å². The maximum atomic E-state index is 8.99. The van der Waals surface area contributed by atoms with Crippen molar-refractivity contribution in [2.24, 2.45) is 0 Å². The third-order valence-electron chi connectivity index (χ3n) is 1.51. The SMILES string of the molecule is O[C]1Oc2ccccc2OC1O. The molecule has 1 aliphatic rings. The maximum Gasteiger partial charge on any atom is 0.345 e. The van der Waals surface area contributed by atoms with Gasteiger partial charge < -0.3 is 19.7 Å². The molecule has 2 rings (SSSR count). The highest BCUT2D eigenvalue weighted by Gasteiger charge is 2.29. The van der Waals surface area contributed by atoms with Crippen molar-refractivity contribution in [1.82, 2.24) is 0 Å². The van der Waals surface area contributed by atoms with Gasteiger partial charge in [0.15, 0.2) is 11.5 Å². The van der Waals surface area contributed by atoms with Crippen LogP contribution in [0.25, 0.3) is 0 Å². The highest BCUT2D eigenvalue weighted by molar-refractivity contribution is 5.41. The number of aliphatic hydroxyl groups is 2. The zero-order chi connectivity index (χ0) is 8.55. The van der Waals surface area contributed by atoms with Crippen LogP contribution < -0.4 is 9.47 Å². The van der Waals surface area contributed by atoms with E-state index in [0.717, 1.165) is 0 Å². The van der Waals surface area contributed by atoms with Gasteiger partial charge >= 0.3 is 6.29 Å². The summed E-state index contributed by atoms with van der Waals surface area (Å²) >= 11 is 0. The number of ether oxygens (including phenoxy) is 2. The third-order valence-corrected chi connectivity index (χ3v) is 1.51. The van der Waals surface area contributed by atoms with Crippen molar-refractivity contribution < 1.29 is 19.7 Å². The van der Waals surface area contributed by atoms with Crippen molar-refractivity contribution in [2.75, 3.05) is 0 Å². The minimum Gasteiger partial charge on any atom is -0.454 e. The van der Waals surface area contributed by atoms with Gasteiger partial charge in [-0.05, 0) is 12.1 Å². The molecule has 0 spiro atoms. The molecule has 1 heterocycles. The highest BCUT2D eigenvalue weighted by atomic mass is 16.7. The van der Waals surface area contributed by atoms with Crippen LogP contribution in [0.2, 0.25) is 0 Å². The topological polar surface area (TPSA) is 58.9 Å². The van der Waals surface area contributed by atoms with Crippen molar-refractivity contribution >= 4 is 0 Å². The van der Waals surface area contributed by atoms with Crippen molar-refractivity contribution in [3.8, 4) is 11.5 Å². The molecule has 2 N–H and O–H groups in total. The van der Waals surface area contributed by atoms with Crippen LogP contribution in [-0.4, -0.2) is 16.5 Å². The molecule has 1 radical (unpaired) electrons. The number of aliphatic hydroxyl groups excluding tert-OH is 2. The fourth-order valence-corrected chi connectivity index (χ4v) is 0.966. The smallest absolute Gasteiger partial charge is 0.345 e. The Kier molecular flexibility index (Phi) is 1.64. The summed E-state index contributed by atoms with van der Waals surface area (Å²) in [6.07, 6.45) is -1.92. The third kappa shape index (κ3) is 1.11. The molecule has 63 valence electrons. The van der Waals surface area contributed by atoms with Crippen LogP contribution in [0.1, 0.15) is 0 Å². The van der Waals surface area contributed by atoms with E-state index < -0.39 is 12.6 Å². The Balaban J connectivity index is 2.34. The Labute approximate surface area is 69.0 Å². The molecular weight excluding hydrogens is 160 g/mol. The van der Waals surface area contributed by atoms with E-state index in [0.29, 0.717) is 11.5 Å². The molecular formula is C8H7O4. The number of rotatable bonds is 0. The summed E-state index contributed by atoms with van der Waals surface area (Å²) in [6.45, 7) is 0. The Morgan fingerprint density at radius 3 is 2.58 bits per heavy atom. The summed E-state index contributed by atoms with van der Waals surface area (Å²) in [5.41, 5.74) is 0. The lowest BCUT2D eigenvalue weighted by molar-refractivity contribution is -0.126. The van der Waals surface area contributed by atoms with Gasteiger partial charge in [-0.3, -0.25) is 0 Å². The molecule has 0 saturated carbocycles. The van der Waals surface area contributed by atoms with Crippen LogP contribution in [0.4, 0.5) is 0 Å². The van der Waals surface area contributed by atoms with E-state index in [9.17, 15) is 0 Å². The van der Waals surface area contributed by atoms with Gasteiger partial charge in [0, 0.05) is 0 Å². The van der Waals surface area contributed by atoms with Crippen LogP contribution >= 0.6 is 0 Å². The minimum atomic E-state index is -1.39. The predicted octanol–water partition coefficient (Wildman–Crippen LogP) is 0.638. The van der Waals surface area contributed by atoms with Crippen LogP contribution in [0.15, 0.2) is 24.3 Å². The fourth-order valence-electron chi connectivity index (χ4n) is 0.966. The summed E-state index contributed by atoms with van der Waals surface area (Å²) in [5, 5.41) is 17.9. The Bertz CT molecular complexity index is 257. The first-order valence-corrected chi connectivity index (χ1v) is 3.45. The highest BCUT2D eigenvalue weighted by Crippen LogP contribution is 2.34. The van der Waals surface area contributed by atoms with Gasteiger partial charge in [0.25, 0.3) is 6.29 Å². The summed E-state index contributed by atoms with van der Waals surface area (Å²) in [6, 6.07) is 6.77. The zero-order valence-electron chi connectivity index (χ0n) is 6.10. The summed E-state index contributed by atoms with van der Waals surface area (Å²) in [4.78, 5) is 0. The standard InChI is InChI=1S/C8H7O4/c9-7-8(10)12-6-4-2-1-3-5(6)11-7/h1-4,7,9-10H. The lowest BCUT2D eigenvalue weighted by atomic mass is 10.3. The normalized spacial score (nSPS) is 22.3. The fraction of sp³-hybridized carbons (Fsp3) is 0.125. The van der Waals surface area contributed by atoms with Crippen LogP contribution in [0.3, 0.4) is 0 Å². The van der Waals surface area contributed by atoms with Gasteiger partial charge in [0.2, 0.25) is 0 Å². The van der Waals surface area contributed by atoms with E-state index >= 15 is 0 Å². The Hall–Kier alpha value is -1.26. The van der Waals surface area contributed by atoms with Crippen LogP contribution in [0.5, 0.6) is 11.5 Å². The molecule has 1 atom stereocenters. The summed E-state index contributed by atoms with van der Waals surface area (Å²) in [5.74, 6) is 0.822. The van der Waals surface area contributed by atoms with E-state index in [-0.39, 0.29) is 0 Å². The molecule has 0 amide bonds. The van der Waals surface area contributed by atoms with Gasteiger partial charge in [-0.15, -0.1) is 0 Å². The second-order valence-corrected chi connectivity index (χ2v) is 2.36. The van der Waals surface area contributed by atoms with Gasteiger partial charge in [-0.1, -0.05) is 12.1 Å². The van der Waals surface area contributed by atoms with E-state index in [1.807, 2.05) is 0 Å². The lowest BCUT2D eigenvalue weighted by Gasteiger charge is -2.25. The molecule has 1 aromatic rings. The van der Waals surface area contributed by atoms with Crippen molar-refractivity contribution in [2.45, 2.75) is 6.29 Å². The molecule has 4 heteroatoms. The first-order chi connectivity index (χ1) is 5.77. The molecule has 0 aromatic heterocycles. The van der Waals surface area contributed by atoms with Crippen LogP contribution in [-0.2, 0) is 0 Å². The summed E-state index contributed by atoms with van der Waals surface area (Å²) < 4.78 is 9.73. The first-order valence-electron chi connectivity index (χ1n) is 3.45. The first kappa shape index (κ1) is 7.39. The number of benzene rings is 1. The van der Waals surface area contributed by atoms with E-state index in [1.54, 1.807) is 24.3 Å². The average molecular weight is 167 g/mol. The van der Waals surface area contributed by atoms with Crippen LogP contribution in [0, 0.1) is 6.29 Å². The molecule has 0 saturated heterocycles. The number of hydrogen-bond donors (Lipinski definition) is 2. The molecule has 1 unspecified atom stereocenters. The van der Waals surface area contributed by atoms with Gasteiger partial charge in [-0.25, -0.2) is 0 Å². The van der Waals surface area contributed by atoms with E-state index in [2.05, 4.69) is 0 Å². The predicted molar refractivity (Wildman–Crippen MR) is 38.9 cm³/mol. The number of hydrogen-bond acceptors (Lipinski definition) is 4. The summed E-state index contributed by atoms with van der Waals surface area (Å²) in [7, 11) is 0. The average Bonchev–Trinajstić information content (AvgIpc) is 2.07. The molecule has 0 aliphatic carbocycles. The molecule has 4 nitrogen and oxygen atoms in total. The molecule has 0 bridgehead atoms. The second-order valence-electron chi connectivity index (χ2n) is 2.36. The Morgan fingerprint density at radius 2 is 1.83 bits per heavy atom. The quantitative estimate of drug-likeness (QED) is 0.595. The number of fused-ring (bicyclic) bond motifs is 1. The van der Waals surface area contributed by atoms with E-state index in [1.165, 1.54) is 0 Å². The molecule has 12 heavy (non-hydrogen) atoms. The monoisotopic (exact) mass is 167 g/mol. The number of para-hydroxylation sites is 2. The zero-order valence-corrected chi connectivity index (χ0v) is 6.10. The largest absolute Gasteiger partial charge is 0.454 e. The molecule has 0 fully saturated rings.